The number of rotatable bonds is 5. The molecule has 1 aromatic carbocycles. The average molecular weight is 485 g/mol. The van der Waals surface area contributed by atoms with E-state index in [1.54, 1.807) is 6.20 Å². The van der Waals surface area contributed by atoms with Gasteiger partial charge in [-0.25, -0.2) is 22.9 Å². The fraction of sp³-hybridized carbons (Fsp3) is 0.520. The van der Waals surface area contributed by atoms with Crippen molar-refractivity contribution >= 4 is 21.7 Å². The highest BCUT2D eigenvalue weighted by Gasteiger charge is 2.33. The highest BCUT2D eigenvalue weighted by molar-refractivity contribution is 7.89. The number of pyridine rings is 1. The van der Waals surface area contributed by atoms with Crippen LogP contribution in [0.2, 0.25) is 0 Å². The molecule has 2 amide bonds. The number of fused-ring (bicyclic) bond motifs is 2. The van der Waals surface area contributed by atoms with E-state index in [1.807, 2.05) is 23.8 Å². The molecule has 0 bridgehead atoms. The summed E-state index contributed by atoms with van der Waals surface area (Å²) in [6.07, 6.45) is 10.2. The number of piperidine rings is 1. The van der Waals surface area contributed by atoms with Crippen molar-refractivity contribution in [3.8, 4) is 17.0 Å². The van der Waals surface area contributed by atoms with Crippen molar-refractivity contribution in [2.45, 2.75) is 64.0 Å². The number of carbonyl (C=O) groups is 1. The molecule has 2 atom stereocenters. The molecule has 8 nitrogen and oxygen atoms in total. The molecule has 9 heteroatoms. The number of nitrogens with one attached hydrogen (secondary N) is 2. The number of ether oxygens (including phenoxy) is 1. The van der Waals surface area contributed by atoms with Crippen molar-refractivity contribution in [2.24, 2.45) is 0 Å². The van der Waals surface area contributed by atoms with Gasteiger partial charge in [0.2, 0.25) is 15.9 Å². The largest absolute Gasteiger partial charge is 0.474 e. The van der Waals surface area contributed by atoms with Crippen LogP contribution in [0.3, 0.4) is 0 Å². The molecule has 1 aliphatic carbocycles. The van der Waals surface area contributed by atoms with E-state index in [0.717, 1.165) is 67.2 Å². The molecule has 3 aliphatic rings. The van der Waals surface area contributed by atoms with Gasteiger partial charge in [0.25, 0.3) is 0 Å². The van der Waals surface area contributed by atoms with Gasteiger partial charge in [-0.3, -0.25) is 0 Å². The zero-order valence-electron chi connectivity index (χ0n) is 19.8. The van der Waals surface area contributed by atoms with Crippen LogP contribution < -0.4 is 14.8 Å². The zero-order valence-corrected chi connectivity index (χ0v) is 20.6. The Morgan fingerprint density at radius 3 is 2.85 bits per heavy atom. The molecule has 2 N–H and O–H groups in total. The van der Waals surface area contributed by atoms with Crippen LogP contribution >= 0.6 is 0 Å². The topological polar surface area (TPSA) is 101 Å². The first-order valence-electron chi connectivity index (χ1n) is 12.1. The molecule has 5 rings (SSSR count). The fourth-order valence-electron chi connectivity index (χ4n) is 5.81. The molecule has 2 aromatic rings. The number of benzene rings is 1. The summed E-state index contributed by atoms with van der Waals surface area (Å²) >= 11 is 0. The molecule has 0 radical (unpaired) electrons. The van der Waals surface area contributed by atoms with Crippen molar-refractivity contribution in [3.63, 3.8) is 0 Å². The van der Waals surface area contributed by atoms with E-state index in [9.17, 15) is 13.2 Å². The first-order valence-corrected chi connectivity index (χ1v) is 14.0. The molecule has 0 saturated carbocycles. The molecule has 34 heavy (non-hydrogen) atoms. The lowest BCUT2D eigenvalue weighted by molar-refractivity contribution is 0.0756. The predicted octanol–water partition coefficient (Wildman–Crippen LogP) is 3.63. The van der Waals surface area contributed by atoms with Crippen LogP contribution in [0.1, 0.15) is 48.8 Å². The third-order valence-electron chi connectivity index (χ3n) is 7.20. The third-order valence-corrected chi connectivity index (χ3v) is 7.75. The summed E-state index contributed by atoms with van der Waals surface area (Å²) < 4.78 is 31.5. The Bertz CT molecular complexity index is 1210. The summed E-state index contributed by atoms with van der Waals surface area (Å²) in [7, 11) is -3.67. The van der Waals surface area contributed by atoms with Gasteiger partial charge in [-0.15, -0.1) is 0 Å². The number of aromatic nitrogens is 1. The van der Waals surface area contributed by atoms with Crippen LogP contribution in [0, 0.1) is 6.92 Å². The van der Waals surface area contributed by atoms with E-state index in [2.05, 4.69) is 21.3 Å². The number of anilines is 1. The van der Waals surface area contributed by atoms with Crippen LogP contribution in [-0.2, 0) is 22.9 Å². The van der Waals surface area contributed by atoms with Crippen molar-refractivity contribution in [1.29, 1.82) is 0 Å². The summed E-state index contributed by atoms with van der Waals surface area (Å²) in [6.45, 7) is 4.29. The van der Waals surface area contributed by atoms with Crippen molar-refractivity contribution in [2.75, 3.05) is 24.7 Å². The van der Waals surface area contributed by atoms with E-state index in [1.165, 1.54) is 24.9 Å². The number of carbonyl (C=O) groups excluding carboxylic acids is 1. The number of nitrogens with zero attached hydrogens (tertiary/aromatic N) is 2. The van der Waals surface area contributed by atoms with Gasteiger partial charge >= 0.3 is 6.03 Å². The van der Waals surface area contributed by atoms with Crippen LogP contribution in [0.4, 0.5) is 10.5 Å². The molecule has 0 spiro atoms. The number of sulfonamides is 1. The summed E-state index contributed by atoms with van der Waals surface area (Å²) in [4.78, 5) is 19.5. The van der Waals surface area contributed by atoms with Crippen LogP contribution in [-0.4, -0.2) is 55.8 Å². The van der Waals surface area contributed by atoms with Gasteiger partial charge in [-0.1, -0.05) is 6.07 Å². The average Bonchev–Trinajstić information content (AvgIpc) is 3.41. The van der Waals surface area contributed by atoms with Crippen LogP contribution in [0.5, 0.6) is 5.88 Å². The van der Waals surface area contributed by atoms with E-state index >= 15 is 0 Å². The Balaban J connectivity index is 1.44. The molecule has 1 aromatic heterocycles. The number of urea groups is 1. The molecule has 2 saturated heterocycles. The zero-order chi connectivity index (χ0) is 23.9. The highest BCUT2D eigenvalue weighted by atomic mass is 32.2. The van der Waals surface area contributed by atoms with Gasteiger partial charge in [-0.05, 0) is 86.7 Å². The number of hydrogen-bond acceptors (Lipinski definition) is 6. The highest BCUT2D eigenvalue weighted by Crippen LogP contribution is 2.41. The quantitative estimate of drug-likeness (QED) is 0.672. The maximum Gasteiger partial charge on any atom is 0.332 e. The Morgan fingerprint density at radius 1 is 1.18 bits per heavy atom. The normalized spacial score (nSPS) is 22.2. The minimum Gasteiger partial charge on any atom is -0.474 e. The van der Waals surface area contributed by atoms with Gasteiger partial charge in [0.1, 0.15) is 6.10 Å². The molecule has 2 fully saturated rings. The lowest BCUT2D eigenvalue weighted by atomic mass is 9.93. The summed E-state index contributed by atoms with van der Waals surface area (Å²) in [5, 5.41) is 2.84. The minimum absolute atomic E-state index is 0.154. The van der Waals surface area contributed by atoms with E-state index in [0.29, 0.717) is 17.6 Å². The molecule has 3 heterocycles. The Morgan fingerprint density at radius 2 is 2.03 bits per heavy atom. The van der Waals surface area contributed by atoms with Crippen molar-refractivity contribution in [1.82, 2.24) is 14.6 Å². The molecular weight excluding hydrogens is 452 g/mol. The number of hydrogen-bond donors (Lipinski definition) is 2. The Hall–Kier alpha value is -2.65. The van der Waals surface area contributed by atoms with Gasteiger partial charge in [0.05, 0.1) is 11.9 Å². The van der Waals surface area contributed by atoms with Gasteiger partial charge in [-0.2, -0.15) is 0 Å². The predicted molar refractivity (Wildman–Crippen MR) is 132 cm³/mol. The second-order valence-corrected chi connectivity index (χ2v) is 11.5. The van der Waals surface area contributed by atoms with E-state index in [4.69, 9.17) is 4.74 Å². The first-order chi connectivity index (χ1) is 16.3. The van der Waals surface area contributed by atoms with E-state index < -0.39 is 16.1 Å². The first kappa shape index (κ1) is 23.1. The Labute approximate surface area is 201 Å². The third kappa shape index (κ3) is 4.90. The second-order valence-electron chi connectivity index (χ2n) is 9.74. The van der Waals surface area contributed by atoms with Gasteiger partial charge in [0.15, 0.2) is 0 Å². The lowest BCUT2D eigenvalue weighted by Gasteiger charge is -2.34. The fourth-order valence-corrected chi connectivity index (χ4v) is 6.19. The smallest absolute Gasteiger partial charge is 0.332 e. The molecular formula is C25H32N4O4S. The monoisotopic (exact) mass is 484 g/mol. The number of amides is 2. The molecule has 2 aliphatic heterocycles. The lowest BCUT2D eigenvalue weighted by Crippen LogP contribution is -2.42. The summed E-state index contributed by atoms with van der Waals surface area (Å²) in [5.41, 5.74) is 5.73. The molecule has 2 unspecified atom stereocenters. The van der Waals surface area contributed by atoms with Crippen LogP contribution in [0.15, 0.2) is 24.4 Å². The second kappa shape index (κ2) is 9.19. The van der Waals surface area contributed by atoms with E-state index in [-0.39, 0.29) is 6.10 Å². The van der Waals surface area contributed by atoms with Gasteiger partial charge < -0.3 is 15.0 Å². The Kier molecular flexibility index (Phi) is 6.24. The van der Waals surface area contributed by atoms with Crippen molar-refractivity contribution < 1.29 is 17.9 Å². The van der Waals surface area contributed by atoms with Crippen molar-refractivity contribution in [3.05, 3.63) is 41.1 Å². The SMILES string of the molecule is Cc1cc2c(c(NC(=O)NS(C)(=O)=O)c1-c1ccnc(OC3CCN4CCCC4C3)c1)CCC2. The maximum absolute atomic E-state index is 12.5. The van der Waals surface area contributed by atoms with Gasteiger partial charge in [0, 0.05) is 30.4 Å². The number of aryl methyl sites for hydroxylation is 2. The summed E-state index contributed by atoms with van der Waals surface area (Å²) in [5.74, 6) is 0.584. The maximum atomic E-state index is 12.5. The molecule has 182 valence electrons. The standard InChI is InChI=1S/C25H32N4O4S/c1-16-13-17-5-3-7-21(17)24(27-25(30)28-34(2,31)32)23(16)18-8-10-26-22(14-18)33-20-9-12-29-11-4-6-19(29)15-20/h8,10,13-14,19-20H,3-7,9,11-12,15H2,1-2H3,(H2,27,28,30). The minimum atomic E-state index is -3.67. The summed E-state index contributed by atoms with van der Waals surface area (Å²) in [6, 6.07) is 5.89. The van der Waals surface area contributed by atoms with Crippen LogP contribution in [0.25, 0.3) is 11.1 Å².